The highest BCUT2D eigenvalue weighted by molar-refractivity contribution is 7.20. The summed E-state index contributed by atoms with van der Waals surface area (Å²) in [6.07, 6.45) is 14.9. The van der Waals surface area contributed by atoms with Crippen LogP contribution in [0.3, 0.4) is 0 Å². The number of allylic oxidation sites excluding steroid dienone is 1. The van der Waals surface area contributed by atoms with Gasteiger partial charge in [0.15, 0.2) is 0 Å². The number of aryl methyl sites for hydroxylation is 1. The first-order chi connectivity index (χ1) is 19.4. The first-order valence-electron chi connectivity index (χ1n) is 13.9. The molecule has 3 aliphatic rings. The third-order valence-electron chi connectivity index (χ3n) is 6.64. The van der Waals surface area contributed by atoms with Crippen LogP contribution in [0.2, 0.25) is 0 Å². The predicted octanol–water partition coefficient (Wildman–Crippen LogP) is 3.22. The van der Waals surface area contributed by atoms with Crippen molar-refractivity contribution in [2.45, 2.75) is 65.6 Å². The van der Waals surface area contributed by atoms with Gasteiger partial charge in [-0.1, -0.05) is 13.8 Å². The van der Waals surface area contributed by atoms with E-state index in [1.165, 1.54) is 33.7 Å². The maximum atomic E-state index is 12.1. The van der Waals surface area contributed by atoms with E-state index in [-0.39, 0.29) is 18.1 Å². The molecule has 5 heterocycles. The molecule has 2 amide bonds. The van der Waals surface area contributed by atoms with Gasteiger partial charge in [-0.15, -0.1) is 11.3 Å². The van der Waals surface area contributed by atoms with Gasteiger partial charge in [-0.3, -0.25) is 19.2 Å². The quantitative estimate of drug-likeness (QED) is 0.375. The fourth-order valence-electron chi connectivity index (χ4n) is 4.42. The highest BCUT2D eigenvalue weighted by Crippen LogP contribution is 2.36. The number of carbonyl (C=O) groups excluding carboxylic acids is 2. The smallest absolute Gasteiger partial charge is 0.238 e. The van der Waals surface area contributed by atoms with Crippen LogP contribution in [0.1, 0.15) is 52.1 Å². The summed E-state index contributed by atoms with van der Waals surface area (Å²) >= 11 is 1.78. The lowest BCUT2D eigenvalue weighted by molar-refractivity contribution is -0.123. The molecule has 0 spiro atoms. The Hall–Kier alpha value is -3.48. The Kier molecular flexibility index (Phi) is 10.1. The Morgan fingerprint density at radius 2 is 2.02 bits per heavy atom. The van der Waals surface area contributed by atoms with Crippen LogP contribution in [0.4, 0.5) is 0 Å². The van der Waals surface area contributed by atoms with Crippen molar-refractivity contribution in [3.8, 4) is 10.4 Å². The fraction of sp³-hybridized carbons (Fsp3) is 0.500. The van der Waals surface area contributed by atoms with Gasteiger partial charge in [-0.2, -0.15) is 10.2 Å². The van der Waals surface area contributed by atoms with Crippen LogP contribution in [0.15, 0.2) is 48.5 Å². The molecule has 0 bridgehead atoms. The average Bonchev–Trinajstić information content (AvgIpc) is 3.35. The van der Waals surface area contributed by atoms with Crippen LogP contribution in [-0.2, 0) is 14.3 Å². The SMILES string of the molecule is CC.CC1CN(CC(=O)NC2=CNC(C)C(NC=O)=C2)CCO1.Cc1cnn2cc(-c3cnn(C4CC4)c3)sc12. The second-order valence-corrected chi connectivity index (χ2v) is 11.0. The molecule has 11 nitrogen and oxygen atoms in total. The molecule has 3 N–H and O–H groups in total. The summed E-state index contributed by atoms with van der Waals surface area (Å²) in [5, 5.41) is 17.3. The number of carbonyl (C=O) groups is 2. The molecule has 216 valence electrons. The monoisotopic (exact) mass is 568 g/mol. The van der Waals surface area contributed by atoms with Crippen molar-refractivity contribution < 1.29 is 14.3 Å². The minimum atomic E-state index is -0.0755. The molecule has 1 saturated carbocycles. The van der Waals surface area contributed by atoms with E-state index >= 15 is 0 Å². The Labute approximate surface area is 239 Å². The molecule has 3 aromatic rings. The number of hydrogen-bond donors (Lipinski definition) is 3. The molecule has 3 aromatic heterocycles. The van der Waals surface area contributed by atoms with Gasteiger partial charge in [-0.05, 0) is 39.7 Å². The summed E-state index contributed by atoms with van der Waals surface area (Å²) < 4.78 is 9.48. The topological polar surface area (TPSA) is 118 Å². The zero-order valence-electron chi connectivity index (χ0n) is 23.9. The molecule has 0 aromatic carbocycles. The van der Waals surface area contributed by atoms with Crippen LogP contribution in [0, 0.1) is 6.92 Å². The zero-order chi connectivity index (χ0) is 28.6. The lowest BCUT2D eigenvalue weighted by Crippen LogP contribution is -2.46. The second kappa shape index (κ2) is 13.7. The van der Waals surface area contributed by atoms with E-state index in [0.29, 0.717) is 31.3 Å². The van der Waals surface area contributed by atoms with Gasteiger partial charge >= 0.3 is 0 Å². The molecule has 1 saturated heterocycles. The van der Waals surface area contributed by atoms with Crippen LogP contribution in [0.5, 0.6) is 0 Å². The number of morpholine rings is 1. The number of fused-ring (bicyclic) bond motifs is 1. The number of nitrogens with zero attached hydrogens (tertiary/aromatic N) is 5. The summed E-state index contributed by atoms with van der Waals surface area (Å²) in [5.74, 6) is -0.0755. The molecule has 2 aliphatic heterocycles. The van der Waals surface area contributed by atoms with Gasteiger partial charge in [0.2, 0.25) is 12.3 Å². The number of hydrogen-bond acceptors (Lipinski definition) is 8. The summed E-state index contributed by atoms with van der Waals surface area (Å²) in [4.78, 5) is 27.1. The van der Waals surface area contributed by atoms with Crippen molar-refractivity contribution >= 4 is 28.5 Å². The number of thiazole rings is 1. The predicted molar refractivity (Wildman–Crippen MR) is 157 cm³/mol. The number of rotatable bonds is 7. The van der Waals surface area contributed by atoms with Crippen molar-refractivity contribution in [2.24, 2.45) is 0 Å². The normalized spacial score (nSPS) is 20.6. The number of aromatic nitrogens is 4. The molecule has 0 radical (unpaired) electrons. The summed E-state index contributed by atoms with van der Waals surface area (Å²) in [6, 6.07) is 0.658. The number of dihydropyridines is 1. The molecule has 12 heteroatoms. The van der Waals surface area contributed by atoms with E-state index in [9.17, 15) is 9.59 Å². The average molecular weight is 569 g/mol. The summed E-state index contributed by atoms with van der Waals surface area (Å²) in [6.45, 7) is 12.5. The van der Waals surface area contributed by atoms with Gasteiger partial charge in [0.25, 0.3) is 0 Å². The van der Waals surface area contributed by atoms with Crippen molar-refractivity contribution in [1.82, 2.24) is 40.2 Å². The summed E-state index contributed by atoms with van der Waals surface area (Å²) in [5.41, 5.74) is 3.80. The lowest BCUT2D eigenvalue weighted by atomic mass is 10.1. The first-order valence-corrected chi connectivity index (χ1v) is 14.7. The van der Waals surface area contributed by atoms with Crippen LogP contribution >= 0.6 is 11.3 Å². The molecular weight excluding hydrogens is 528 g/mol. The molecular formula is C28H40N8O3S. The second-order valence-electron chi connectivity index (χ2n) is 9.93. The Morgan fingerprint density at radius 1 is 1.23 bits per heavy atom. The zero-order valence-corrected chi connectivity index (χ0v) is 24.7. The first kappa shape index (κ1) is 29.5. The maximum absolute atomic E-state index is 12.1. The van der Waals surface area contributed by atoms with Gasteiger partial charge in [-0.25, -0.2) is 4.52 Å². The van der Waals surface area contributed by atoms with Crippen molar-refractivity contribution in [3.63, 3.8) is 0 Å². The summed E-state index contributed by atoms with van der Waals surface area (Å²) in [7, 11) is 0. The maximum Gasteiger partial charge on any atom is 0.238 e. The molecule has 6 rings (SSSR count). The van der Waals surface area contributed by atoms with E-state index in [1.54, 1.807) is 23.6 Å². The minimum Gasteiger partial charge on any atom is -0.381 e. The van der Waals surface area contributed by atoms with Gasteiger partial charge in [0.1, 0.15) is 4.83 Å². The van der Waals surface area contributed by atoms with E-state index in [2.05, 4.69) is 55.0 Å². The number of nitrogens with one attached hydrogen (secondary N) is 3. The fourth-order valence-corrected chi connectivity index (χ4v) is 5.41. The largest absolute Gasteiger partial charge is 0.381 e. The van der Waals surface area contributed by atoms with Gasteiger partial charge < -0.3 is 20.7 Å². The molecule has 2 fully saturated rings. The highest BCUT2D eigenvalue weighted by Gasteiger charge is 2.24. The Morgan fingerprint density at radius 3 is 2.73 bits per heavy atom. The highest BCUT2D eigenvalue weighted by atomic mass is 32.1. The van der Waals surface area contributed by atoms with Gasteiger partial charge in [0.05, 0.1) is 54.3 Å². The Bertz CT molecular complexity index is 1350. The third kappa shape index (κ3) is 7.58. The van der Waals surface area contributed by atoms with Gasteiger partial charge in [0, 0.05) is 48.5 Å². The van der Waals surface area contributed by atoms with E-state index < -0.39 is 0 Å². The molecule has 1 aliphatic carbocycles. The molecule has 2 unspecified atom stereocenters. The van der Waals surface area contributed by atoms with Crippen LogP contribution in [0.25, 0.3) is 15.3 Å². The lowest BCUT2D eigenvalue weighted by Gasteiger charge is -2.30. The number of ether oxygens (including phenoxy) is 1. The van der Waals surface area contributed by atoms with Crippen molar-refractivity contribution in [2.75, 3.05) is 26.2 Å². The van der Waals surface area contributed by atoms with Crippen molar-refractivity contribution in [1.29, 1.82) is 0 Å². The Balaban J connectivity index is 0.000000177. The van der Waals surface area contributed by atoms with E-state index in [4.69, 9.17) is 4.74 Å². The number of amides is 2. The molecule has 40 heavy (non-hydrogen) atoms. The third-order valence-corrected chi connectivity index (χ3v) is 7.91. The van der Waals surface area contributed by atoms with Crippen molar-refractivity contribution in [3.05, 3.63) is 54.0 Å². The van der Waals surface area contributed by atoms with Crippen LogP contribution < -0.4 is 16.0 Å². The molecule has 2 atom stereocenters. The minimum absolute atomic E-state index is 0.0101. The van der Waals surface area contributed by atoms with Crippen LogP contribution in [-0.4, -0.2) is 75.0 Å². The standard InChI is InChI=1S/C14H22N4O3.C12H12N4S.C2H6/c1-10-7-18(3-4-21-10)8-14(20)17-12-5-13(16-9-19)11(2)15-6-12;1-8-4-13-16-7-11(17-12(8)16)9-5-14-15(6-9)10-2-3-10;1-2/h5-6,9-11,15H,3-4,7-8H2,1-2H3,(H,16,19)(H,17,20);4-7,10H,2-3H2,1H3;1-2H3. The van der Waals surface area contributed by atoms with E-state index in [1.807, 2.05) is 44.6 Å². The van der Waals surface area contributed by atoms with E-state index in [0.717, 1.165) is 18.8 Å².